The third-order valence-electron chi connectivity index (χ3n) is 5.46. The molecule has 0 N–H and O–H groups in total. The summed E-state index contributed by atoms with van der Waals surface area (Å²) in [5.74, 6) is 0. The molecule has 0 spiro atoms. The second kappa shape index (κ2) is 11.2. The Morgan fingerprint density at radius 3 is 2.15 bits per heavy atom. The van der Waals surface area contributed by atoms with E-state index >= 15 is 0 Å². The Labute approximate surface area is 161 Å². The minimum atomic E-state index is 0.622. The molecule has 0 unspecified atom stereocenters. The molecule has 0 atom stereocenters. The van der Waals surface area contributed by atoms with E-state index in [1.165, 1.54) is 57.4 Å². The number of hydrogen-bond acceptors (Lipinski definition) is 1. The SMILES string of the molecule is C=C(C)c1c(CC)c(C)c(CC)c(C/C=C(\C)CCC=O)c1CCCC. The van der Waals surface area contributed by atoms with E-state index in [1.807, 2.05) is 0 Å². The molecule has 0 fully saturated rings. The van der Waals surface area contributed by atoms with E-state index in [1.54, 1.807) is 0 Å². The number of carbonyl (C=O) groups is 1. The van der Waals surface area contributed by atoms with Crippen LogP contribution in [0.15, 0.2) is 18.2 Å². The minimum absolute atomic E-state index is 0.622. The molecule has 1 heteroatoms. The lowest BCUT2D eigenvalue weighted by Crippen LogP contribution is -2.10. The Bertz CT molecular complexity index is 661. The van der Waals surface area contributed by atoms with Crippen molar-refractivity contribution >= 4 is 11.9 Å². The molecular weight excluding hydrogens is 316 g/mol. The van der Waals surface area contributed by atoms with Crippen LogP contribution in [0.1, 0.15) is 93.7 Å². The molecule has 1 aromatic carbocycles. The molecule has 0 amide bonds. The van der Waals surface area contributed by atoms with Gasteiger partial charge < -0.3 is 4.79 Å². The molecule has 0 bridgehead atoms. The summed E-state index contributed by atoms with van der Waals surface area (Å²) in [4.78, 5) is 10.7. The fourth-order valence-corrected chi connectivity index (χ4v) is 4.09. The van der Waals surface area contributed by atoms with Crippen LogP contribution in [0.5, 0.6) is 0 Å². The summed E-state index contributed by atoms with van der Waals surface area (Å²) >= 11 is 0. The first-order chi connectivity index (χ1) is 12.4. The van der Waals surface area contributed by atoms with Crippen LogP contribution < -0.4 is 0 Å². The molecule has 144 valence electrons. The van der Waals surface area contributed by atoms with Crippen LogP contribution >= 0.6 is 0 Å². The van der Waals surface area contributed by atoms with E-state index in [2.05, 4.69) is 54.2 Å². The third-order valence-corrected chi connectivity index (χ3v) is 5.46. The van der Waals surface area contributed by atoms with Crippen LogP contribution in [-0.2, 0) is 30.5 Å². The number of allylic oxidation sites excluding steroid dienone is 3. The molecule has 0 saturated heterocycles. The van der Waals surface area contributed by atoms with Gasteiger partial charge >= 0.3 is 0 Å². The van der Waals surface area contributed by atoms with E-state index in [4.69, 9.17) is 0 Å². The van der Waals surface area contributed by atoms with Gasteiger partial charge in [0.2, 0.25) is 0 Å². The van der Waals surface area contributed by atoms with E-state index in [0.29, 0.717) is 6.42 Å². The first-order valence-electron chi connectivity index (χ1n) is 10.3. The van der Waals surface area contributed by atoms with Crippen molar-refractivity contribution in [2.24, 2.45) is 0 Å². The van der Waals surface area contributed by atoms with Crippen molar-refractivity contribution in [1.82, 2.24) is 0 Å². The predicted molar refractivity (Wildman–Crippen MR) is 116 cm³/mol. The van der Waals surface area contributed by atoms with E-state index in [9.17, 15) is 4.79 Å². The van der Waals surface area contributed by atoms with Gasteiger partial charge in [0, 0.05) is 6.42 Å². The number of aldehydes is 1. The lowest BCUT2D eigenvalue weighted by atomic mass is 9.80. The van der Waals surface area contributed by atoms with Crippen molar-refractivity contribution in [3.63, 3.8) is 0 Å². The average Bonchev–Trinajstić information content (AvgIpc) is 2.62. The standard InChI is InChI=1S/C25H38O/c1-8-11-14-24-23(16-15-19(6)13-12-17-26)21(9-2)20(7)22(10-3)25(24)18(4)5/h15,17H,4,8-14,16H2,1-3,5-7H3/b19-15+. The number of rotatable bonds is 11. The minimum Gasteiger partial charge on any atom is -0.303 e. The van der Waals surface area contributed by atoms with E-state index in [-0.39, 0.29) is 0 Å². The Morgan fingerprint density at radius 1 is 1.00 bits per heavy atom. The zero-order valence-electron chi connectivity index (χ0n) is 17.9. The molecule has 1 rings (SSSR count). The van der Waals surface area contributed by atoms with Crippen molar-refractivity contribution in [2.45, 2.75) is 92.9 Å². The summed E-state index contributed by atoms with van der Waals surface area (Å²) in [5.41, 5.74) is 11.4. The van der Waals surface area contributed by atoms with Crippen LogP contribution in [-0.4, -0.2) is 6.29 Å². The molecule has 0 aromatic heterocycles. The van der Waals surface area contributed by atoms with Crippen LogP contribution in [0.4, 0.5) is 0 Å². The van der Waals surface area contributed by atoms with E-state index in [0.717, 1.165) is 38.4 Å². The summed E-state index contributed by atoms with van der Waals surface area (Å²) in [6.07, 6.45) is 11.5. The van der Waals surface area contributed by atoms with Gasteiger partial charge in [-0.3, -0.25) is 0 Å². The van der Waals surface area contributed by atoms with Crippen LogP contribution in [0.25, 0.3) is 5.57 Å². The highest BCUT2D eigenvalue weighted by Gasteiger charge is 2.19. The van der Waals surface area contributed by atoms with Crippen molar-refractivity contribution in [2.75, 3.05) is 0 Å². The highest BCUT2D eigenvalue weighted by Crippen LogP contribution is 2.34. The summed E-state index contributed by atoms with van der Waals surface area (Å²) in [5, 5.41) is 0. The largest absolute Gasteiger partial charge is 0.303 e. The van der Waals surface area contributed by atoms with Gasteiger partial charge in [-0.15, -0.1) is 0 Å². The van der Waals surface area contributed by atoms with Crippen LogP contribution in [0, 0.1) is 6.92 Å². The smallest absolute Gasteiger partial charge is 0.120 e. The molecule has 0 radical (unpaired) electrons. The lowest BCUT2D eigenvalue weighted by molar-refractivity contribution is -0.107. The number of hydrogen-bond donors (Lipinski definition) is 0. The molecule has 0 saturated carbocycles. The second-order valence-corrected chi connectivity index (χ2v) is 7.47. The average molecular weight is 355 g/mol. The fraction of sp³-hybridized carbons (Fsp3) is 0.560. The van der Waals surface area contributed by atoms with Gasteiger partial charge in [0.05, 0.1) is 0 Å². The van der Waals surface area contributed by atoms with Gasteiger partial charge in [-0.1, -0.05) is 51.0 Å². The van der Waals surface area contributed by atoms with Crippen LogP contribution in [0.2, 0.25) is 0 Å². The zero-order valence-corrected chi connectivity index (χ0v) is 17.9. The van der Waals surface area contributed by atoms with Gasteiger partial charge in [-0.2, -0.15) is 0 Å². The van der Waals surface area contributed by atoms with Crippen molar-refractivity contribution in [3.8, 4) is 0 Å². The number of benzene rings is 1. The highest BCUT2D eigenvalue weighted by molar-refractivity contribution is 5.72. The summed E-state index contributed by atoms with van der Waals surface area (Å²) in [7, 11) is 0. The third kappa shape index (κ3) is 5.43. The van der Waals surface area contributed by atoms with Gasteiger partial charge in [-0.25, -0.2) is 0 Å². The van der Waals surface area contributed by atoms with Gasteiger partial charge in [-0.05, 0) is 92.7 Å². The normalized spacial score (nSPS) is 11.7. The molecular formula is C25H38O. The maximum absolute atomic E-state index is 10.7. The molecule has 0 aliphatic carbocycles. The topological polar surface area (TPSA) is 17.1 Å². The second-order valence-electron chi connectivity index (χ2n) is 7.47. The maximum atomic E-state index is 10.7. The van der Waals surface area contributed by atoms with E-state index < -0.39 is 0 Å². The Hall–Kier alpha value is -1.63. The first kappa shape index (κ1) is 22.4. The monoisotopic (exact) mass is 354 g/mol. The summed E-state index contributed by atoms with van der Waals surface area (Å²) in [6, 6.07) is 0. The molecule has 1 nitrogen and oxygen atoms in total. The summed E-state index contributed by atoms with van der Waals surface area (Å²) < 4.78 is 0. The molecule has 0 heterocycles. The van der Waals surface area contributed by atoms with Crippen molar-refractivity contribution < 1.29 is 4.79 Å². The number of carbonyl (C=O) groups excluding carboxylic acids is 1. The molecule has 1 aromatic rings. The summed E-state index contributed by atoms with van der Waals surface area (Å²) in [6.45, 7) is 17.7. The first-order valence-corrected chi connectivity index (χ1v) is 10.3. The lowest BCUT2D eigenvalue weighted by Gasteiger charge is -2.25. The molecule has 0 aliphatic heterocycles. The van der Waals surface area contributed by atoms with Gasteiger partial charge in [0.1, 0.15) is 6.29 Å². The van der Waals surface area contributed by atoms with Gasteiger partial charge in [0.15, 0.2) is 0 Å². The zero-order chi connectivity index (χ0) is 19.7. The predicted octanol–water partition coefficient (Wildman–Crippen LogP) is 6.96. The van der Waals surface area contributed by atoms with Crippen molar-refractivity contribution in [3.05, 3.63) is 51.6 Å². The van der Waals surface area contributed by atoms with Gasteiger partial charge in [0.25, 0.3) is 0 Å². The maximum Gasteiger partial charge on any atom is 0.120 e. The Kier molecular flexibility index (Phi) is 9.62. The Morgan fingerprint density at radius 2 is 1.65 bits per heavy atom. The fourth-order valence-electron chi connectivity index (χ4n) is 4.09. The number of unbranched alkanes of at least 4 members (excludes halogenated alkanes) is 1. The van der Waals surface area contributed by atoms with Crippen LogP contribution in [0.3, 0.4) is 0 Å². The molecule has 26 heavy (non-hydrogen) atoms. The quantitative estimate of drug-likeness (QED) is 0.310. The van der Waals surface area contributed by atoms with Crippen molar-refractivity contribution in [1.29, 1.82) is 0 Å². The highest BCUT2D eigenvalue weighted by atomic mass is 16.1. The Balaban J connectivity index is 3.57. The molecule has 0 aliphatic rings.